The summed E-state index contributed by atoms with van der Waals surface area (Å²) in [4.78, 5) is 0. The van der Waals surface area contributed by atoms with Gasteiger partial charge in [0, 0.05) is 0 Å². The van der Waals surface area contributed by atoms with Crippen molar-refractivity contribution >= 4 is 0 Å². The molecule has 25 heavy (non-hydrogen) atoms. The van der Waals surface area contributed by atoms with Crippen LogP contribution >= 0.6 is 0 Å². The van der Waals surface area contributed by atoms with E-state index in [0.29, 0.717) is 5.75 Å². The second kappa shape index (κ2) is 14.2. The maximum Gasteiger partial charge on any atom is 0.121 e. The van der Waals surface area contributed by atoms with Gasteiger partial charge in [0.15, 0.2) is 0 Å². The summed E-state index contributed by atoms with van der Waals surface area (Å²) < 4.78 is 0. The molecule has 0 saturated heterocycles. The molecule has 0 saturated carbocycles. The van der Waals surface area contributed by atoms with Crippen molar-refractivity contribution in [3.63, 3.8) is 0 Å². The van der Waals surface area contributed by atoms with Crippen LogP contribution in [0.2, 0.25) is 0 Å². The first-order valence-electron chi connectivity index (χ1n) is 11.1. The van der Waals surface area contributed by atoms with Gasteiger partial charge in [-0.1, -0.05) is 90.7 Å². The number of phenolic OH excluding ortho intramolecular Hbond substituents is 1. The summed E-state index contributed by atoms with van der Waals surface area (Å²) in [7, 11) is 0. The van der Waals surface area contributed by atoms with Gasteiger partial charge in [-0.2, -0.15) is 0 Å². The minimum absolute atomic E-state index is 0.602. The summed E-state index contributed by atoms with van der Waals surface area (Å²) in [5, 5.41) is 10.7. The molecule has 1 aromatic rings. The van der Waals surface area contributed by atoms with Gasteiger partial charge in [0.2, 0.25) is 0 Å². The van der Waals surface area contributed by atoms with Crippen LogP contribution in [0.25, 0.3) is 0 Å². The Kier molecular flexibility index (Phi) is 12.5. The second-order valence-corrected chi connectivity index (χ2v) is 7.69. The summed E-state index contributed by atoms with van der Waals surface area (Å²) in [6.45, 7) is 6.77. The van der Waals surface area contributed by atoms with E-state index in [1.165, 1.54) is 100 Å². The van der Waals surface area contributed by atoms with Gasteiger partial charge in [-0.05, 0) is 55.2 Å². The van der Waals surface area contributed by atoms with E-state index >= 15 is 0 Å². The fourth-order valence-electron chi connectivity index (χ4n) is 3.60. The number of rotatable bonds is 15. The Labute approximate surface area is 157 Å². The van der Waals surface area contributed by atoms with E-state index < -0.39 is 0 Å². The molecule has 0 amide bonds. The van der Waals surface area contributed by atoms with Gasteiger partial charge in [0.05, 0.1) is 0 Å². The van der Waals surface area contributed by atoms with Crippen LogP contribution in [-0.4, -0.2) is 5.11 Å². The van der Waals surface area contributed by atoms with Crippen LogP contribution in [0.3, 0.4) is 0 Å². The third kappa shape index (κ3) is 9.33. The van der Waals surface area contributed by atoms with Gasteiger partial charge in [-0.3, -0.25) is 0 Å². The van der Waals surface area contributed by atoms with E-state index in [-0.39, 0.29) is 0 Å². The number of hydrogen-bond donors (Lipinski definition) is 1. The van der Waals surface area contributed by atoms with Crippen LogP contribution in [-0.2, 0) is 19.3 Å². The number of aryl methyl sites for hydroxylation is 3. The van der Waals surface area contributed by atoms with Crippen LogP contribution in [0.15, 0.2) is 12.1 Å². The SMILES string of the molecule is CCCCCCc1cc(CCCCCC)c(O)c(CCCCCC)c1. The van der Waals surface area contributed by atoms with Crippen molar-refractivity contribution < 1.29 is 5.11 Å². The molecule has 1 aromatic carbocycles. The Hall–Kier alpha value is -0.980. The molecule has 1 heteroatoms. The molecule has 0 fully saturated rings. The van der Waals surface area contributed by atoms with Crippen molar-refractivity contribution in [2.24, 2.45) is 0 Å². The quantitative estimate of drug-likeness (QED) is 0.322. The number of aromatic hydroxyl groups is 1. The predicted octanol–water partition coefficient (Wildman–Crippen LogP) is 7.76. The zero-order valence-corrected chi connectivity index (χ0v) is 17.2. The molecule has 0 atom stereocenters. The lowest BCUT2D eigenvalue weighted by Gasteiger charge is -2.14. The van der Waals surface area contributed by atoms with Crippen LogP contribution in [0, 0.1) is 0 Å². The lowest BCUT2D eigenvalue weighted by atomic mass is 9.94. The third-order valence-corrected chi connectivity index (χ3v) is 5.25. The van der Waals surface area contributed by atoms with Crippen LogP contribution in [0.1, 0.15) is 115 Å². The van der Waals surface area contributed by atoms with Crippen LogP contribution in [0.5, 0.6) is 5.75 Å². The average molecular weight is 347 g/mol. The largest absolute Gasteiger partial charge is 0.507 e. The molecule has 0 radical (unpaired) electrons. The monoisotopic (exact) mass is 346 g/mol. The molecule has 1 N–H and O–H groups in total. The minimum Gasteiger partial charge on any atom is -0.507 e. The molecule has 0 heterocycles. The number of benzene rings is 1. The summed E-state index contributed by atoms with van der Waals surface area (Å²) in [5.74, 6) is 0.602. The van der Waals surface area contributed by atoms with Crippen molar-refractivity contribution in [3.05, 3.63) is 28.8 Å². The maximum atomic E-state index is 10.7. The normalized spacial score (nSPS) is 11.2. The molecular formula is C24H42O. The summed E-state index contributed by atoms with van der Waals surface area (Å²) in [6.07, 6.45) is 18.6. The van der Waals surface area contributed by atoms with Crippen molar-refractivity contribution in [1.82, 2.24) is 0 Å². The average Bonchev–Trinajstić information content (AvgIpc) is 2.62. The zero-order chi connectivity index (χ0) is 18.3. The van der Waals surface area contributed by atoms with E-state index in [0.717, 1.165) is 12.8 Å². The van der Waals surface area contributed by atoms with Gasteiger partial charge in [0.1, 0.15) is 5.75 Å². The van der Waals surface area contributed by atoms with E-state index in [1.807, 2.05) is 0 Å². The summed E-state index contributed by atoms with van der Waals surface area (Å²) >= 11 is 0. The minimum atomic E-state index is 0.602. The highest BCUT2D eigenvalue weighted by Gasteiger charge is 2.10. The molecule has 0 spiro atoms. The second-order valence-electron chi connectivity index (χ2n) is 7.69. The van der Waals surface area contributed by atoms with Crippen molar-refractivity contribution in [2.45, 2.75) is 117 Å². The zero-order valence-electron chi connectivity index (χ0n) is 17.2. The van der Waals surface area contributed by atoms with Gasteiger partial charge >= 0.3 is 0 Å². The topological polar surface area (TPSA) is 20.2 Å². The fourth-order valence-corrected chi connectivity index (χ4v) is 3.60. The molecule has 0 aromatic heterocycles. The lowest BCUT2D eigenvalue weighted by Crippen LogP contribution is -1.97. The molecule has 0 unspecified atom stereocenters. The Balaban J connectivity index is 2.72. The molecule has 0 aliphatic rings. The molecule has 1 nitrogen and oxygen atoms in total. The van der Waals surface area contributed by atoms with Crippen molar-refractivity contribution in [2.75, 3.05) is 0 Å². The standard InChI is InChI=1S/C24H42O/c1-4-7-10-13-16-21-19-22(17-14-11-8-5-2)24(25)23(20-21)18-15-12-9-6-3/h19-20,25H,4-18H2,1-3H3. The Morgan fingerprint density at radius 1 is 0.560 bits per heavy atom. The first kappa shape index (κ1) is 22.1. The van der Waals surface area contributed by atoms with Crippen molar-refractivity contribution in [3.8, 4) is 5.75 Å². The molecule has 1 rings (SSSR count). The predicted molar refractivity (Wildman–Crippen MR) is 112 cm³/mol. The maximum absolute atomic E-state index is 10.7. The molecule has 0 bridgehead atoms. The van der Waals surface area contributed by atoms with Crippen LogP contribution in [0.4, 0.5) is 0 Å². The smallest absolute Gasteiger partial charge is 0.121 e. The highest BCUT2D eigenvalue weighted by atomic mass is 16.3. The molecule has 144 valence electrons. The van der Waals surface area contributed by atoms with Crippen LogP contribution < -0.4 is 0 Å². The molecule has 0 aliphatic heterocycles. The first-order valence-corrected chi connectivity index (χ1v) is 11.1. The Morgan fingerprint density at radius 2 is 0.960 bits per heavy atom. The first-order chi connectivity index (χ1) is 12.2. The molecular weight excluding hydrogens is 304 g/mol. The Morgan fingerprint density at radius 3 is 1.36 bits per heavy atom. The van der Waals surface area contributed by atoms with Crippen molar-refractivity contribution in [1.29, 1.82) is 0 Å². The van der Waals surface area contributed by atoms with Gasteiger partial charge in [-0.25, -0.2) is 0 Å². The fraction of sp³-hybridized carbons (Fsp3) is 0.750. The van der Waals surface area contributed by atoms with Gasteiger partial charge in [-0.15, -0.1) is 0 Å². The number of phenols is 1. The Bertz CT molecular complexity index is 416. The van der Waals surface area contributed by atoms with Gasteiger partial charge < -0.3 is 5.11 Å². The third-order valence-electron chi connectivity index (χ3n) is 5.25. The number of unbranched alkanes of at least 4 members (excludes halogenated alkanes) is 9. The summed E-state index contributed by atoms with van der Waals surface area (Å²) in [6, 6.07) is 4.59. The lowest BCUT2D eigenvalue weighted by molar-refractivity contribution is 0.457. The van der Waals surface area contributed by atoms with E-state index in [9.17, 15) is 5.11 Å². The van der Waals surface area contributed by atoms with E-state index in [4.69, 9.17) is 0 Å². The van der Waals surface area contributed by atoms with E-state index in [2.05, 4.69) is 32.9 Å². The number of hydrogen-bond acceptors (Lipinski definition) is 1. The summed E-state index contributed by atoms with van der Waals surface area (Å²) in [5.41, 5.74) is 3.86. The highest BCUT2D eigenvalue weighted by Crippen LogP contribution is 2.29. The highest BCUT2D eigenvalue weighted by molar-refractivity contribution is 5.44. The van der Waals surface area contributed by atoms with Gasteiger partial charge in [0.25, 0.3) is 0 Å². The van der Waals surface area contributed by atoms with E-state index in [1.54, 1.807) is 0 Å². The molecule has 0 aliphatic carbocycles.